The van der Waals surface area contributed by atoms with Crippen LogP contribution in [0.25, 0.3) is 11.5 Å². The van der Waals surface area contributed by atoms with E-state index < -0.39 is 23.9 Å². The summed E-state index contributed by atoms with van der Waals surface area (Å²) in [6.07, 6.45) is -1.30. The molecule has 1 aliphatic heterocycles. The highest BCUT2D eigenvalue weighted by atomic mass is 19.3. The van der Waals surface area contributed by atoms with Gasteiger partial charge in [0.25, 0.3) is 11.8 Å². The number of carbonyl (C=O) groups is 2. The molecule has 1 fully saturated rings. The molecule has 2 amide bonds. The normalized spacial score (nSPS) is 14.8. The molecule has 0 aliphatic carbocycles. The highest BCUT2D eigenvalue weighted by Gasteiger charge is 2.53. The van der Waals surface area contributed by atoms with Crippen molar-refractivity contribution in [1.82, 2.24) is 20.1 Å². The zero-order chi connectivity index (χ0) is 23.6. The fourth-order valence-electron chi connectivity index (χ4n) is 3.47. The second-order valence-corrected chi connectivity index (χ2v) is 7.58. The van der Waals surface area contributed by atoms with E-state index in [0.717, 1.165) is 0 Å². The first-order valence-corrected chi connectivity index (χ1v) is 10.2. The van der Waals surface area contributed by atoms with Gasteiger partial charge in [-0.15, -0.1) is 10.2 Å². The number of amides is 2. The molecule has 0 radical (unpaired) electrons. The van der Waals surface area contributed by atoms with E-state index in [0.29, 0.717) is 16.9 Å². The Kier molecular flexibility index (Phi) is 6.12. The van der Waals surface area contributed by atoms with Crippen molar-refractivity contribution >= 4 is 17.5 Å². The van der Waals surface area contributed by atoms with Crippen LogP contribution in [0, 0.1) is 0 Å². The molecule has 11 heteroatoms. The summed E-state index contributed by atoms with van der Waals surface area (Å²) in [5, 5.41) is 6.85. The van der Waals surface area contributed by atoms with E-state index in [1.165, 1.54) is 22.1 Å². The standard InChI is InChI=1S/C22H20F3N5O3/c1-2-17(31)29-12-22(25,13-29)21(32)30(16-6-4-3-5-7-16)11-15-9-8-14(10-26-15)19-27-28-20(33-19)18(23)24/h3-10,18H,2,11-13H2,1H3. The third kappa shape index (κ3) is 4.57. The van der Waals surface area contributed by atoms with E-state index in [-0.39, 0.29) is 37.9 Å². The summed E-state index contributed by atoms with van der Waals surface area (Å²) in [6, 6.07) is 11.7. The Balaban J connectivity index is 1.54. The SMILES string of the molecule is CCC(=O)N1CC(F)(C(=O)N(Cc2ccc(-c3nnc(C(F)F)o3)cn2)c2ccccc2)C1. The maximum atomic E-state index is 15.3. The number of aromatic nitrogens is 3. The van der Waals surface area contributed by atoms with Gasteiger partial charge in [0.15, 0.2) is 0 Å². The van der Waals surface area contributed by atoms with Crippen LogP contribution in [0.1, 0.15) is 31.4 Å². The Hall–Kier alpha value is -3.76. The number of alkyl halides is 3. The van der Waals surface area contributed by atoms with Crippen molar-refractivity contribution in [3.63, 3.8) is 0 Å². The molecule has 3 aromatic rings. The average molecular weight is 459 g/mol. The Morgan fingerprint density at radius 1 is 1.15 bits per heavy atom. The summed E-state index contributed by atoms with van der Waals surface area (Å²) >= 11 is 0. The monoisotopic (exact) mass is 459 g/mol. The van der Waals surface area contributed by atoms with Crippen LogP contribution in [0.5, 0.6) is 0 Å². The molecule has 0 spiro atoms. The van der Waals surface area contributed by atoms with E-state index >= 15 is 4.39 Å². The number of hydrogen-bond donors (Lipinski definition) is 0. The Morgan fingerprint density at radius 3 is 2.45 bits per heavy atom. The van der Waals surface area contributed by atoms with Gasteiger partial charge in [-0.3, -0.25) is 14.6 Å². The zero-order valence-corrected chi connectivity index (χ0v) is 17.6. The molecule has 1 aliphatic rings. The number of para-hydroxylation sites is 1. The number of carbonyl (C=O) groups excluding carboxylic acids is 2. The predicted octanol–water partition coefficient (Wildman–Crippen LogP) is 3.56. The van der Waals surface area contributed by atoms with Crippen molar-refractivity contribution in [2.24, 2.45) is 0 Å². The van der Waals surface area contributed by atoms with Crippen LogP contribution < -0.4 is 4.90 Å². The zero-order valence-electron chi connectivity index (χ0n) is 17.6. The van der Waals surface area contributed by atoms with E-state index in [9.17, 15) is 18.4 Å². The first kappa shape index (κ1) is 22.4. The molecule has 172 valence electrons. The molecule has 3 heterocycles. The second-order valence-electron chi connectivity index (χ2n) is 7.58. The molecule has 0 bridgehead atoms. The quantitative estimate of drug-likeness (QED) is 0.537. The smallest absolute Gasteiger partial charge is 0.314 e. The van der Waals surface area contributed by atoms with E-state index in [4.69, 9.17) is 4.42 Å². The van der Waals surface area contributed by atoms with Crippen molar-refractivity contribution < 1.29 is 27.2 Å². The topological polar surface area (TPSA) is 92.4 Å². The molecule has 0 saturated carbocycles. The van der Waals surface area contributed by atoms with Crippen LogP contribution in [0.4, 0.5) is 18.9 Å². The lowest BCUT2D eigenvalue weighted by Crippen LogP contribution is -2.67. The lowest BCUT2D eigenvalue weighted by molar-refractivity contribution is -0.154. The Labute approximate surface area is 187 Å². The number of benzene rings is 1. The third-order valence-electron chi connectivity index (χ3n) is 5.25. The number of nitrogens with zero attached hydrogens (tertiary/aromatic N) is 5. The van der Waals surface area contributed by atoms with Crippen molar-refractivity contribution in [3.8, 4) is 11.5 Å². The third-order valence-corrected chi connectivity index (χ3v) is 5.25. The number of likely N-dealkylation sites (tertiary alicyclic amines) is 1. The minimum absolute atomic E-state index is 0.0390. The molecule has 0 N–H and O–H groups in total. The fourth-order valence-corrected chi connectivity index (χ4v) is 3.47. The van der Waals surface area contributed by atoms with Gasteiger partial charge >= 0.3 is 6.43 Å². The molecule has 8 nitrogen and oxygen atoms in total. The van der Waals surface area contributed by atoms with Gasteiger partial charge in [-0.05, 0) is 24.3 Å². The minimum Gasteiger partial charge on any atom is -0.415 e. The first-order chi connectivity index (χ1) is 15.8. The van der Waals surface area contributed by atoms with Crippen LogP contribution in [-0.4, -0.2) is 50.7 Å². The van der Waals surface area contributed by atoms with Gasteiger partial charge in [0.2, 0.25) is 17.5 Å². The second kappa shape index (κ2) is 9.00. The van der Waals surface area contributed by atoms with Crippen molar-refractivity contribution in [1.29, 1.82) is 0 Å². The highest BCUT2D eigenvalue weighted by Crippen LogP contribution is 2.31. The van der Waals surface area contributed by atoms with Crippen LogP contribution >= 0.6 is 0 Å². The number of hydrogen-bond acceptors (Lipinski definition) is 6. The molecule has 4 rings (SSSR count). The summed E-state index contributed by atoms with van der Waals surface area (Å²) in [6.45, 7) is 1.05. The van der Waals surface area contributed by atoms with Crippen molar-refractivity contribution in [3.05, 3.63) is 60.2 Å². The lowest BCUT2D eigenvalue weighted by atomic mass is 9.93. The minimum atomic E-state index is -2.88. The molecule has 1 saturated heterocycles. The van der Waals surface area contributed by atoms with Crippen molar-refractivity contribution in [2.75, 3.05) is 18.0 Å². The summed E-state index contributed by atoms with van der Waals surface area (Å²) in [4.78, 5) is 31.8. The maximum Gasteiger partial charge on any atom is 0.314 e. The van der Waals surface area contributed by atoms with Gasteiger partial charge in [0, 0.05) is 18.3 Å². The lowest BCUT2D eigenvalue weighted by Gasteiger charge is -2.45. The number of rotatable bonds is 7. The predicted molar refractivity (Wildman–Crippen MR) is 111 cm³/mol. The fraction of sp³-hybridized carbons (Fsp3) is 0.318. The molecular weight excluding hydrogens is 439 g/mol. The van der Waals surface area contributed by atoms with Crippen molar-refractivity contribution in [2.45, 2.75) is 32.0 Å². The molecule has 2 aromatic heterocycles. The molecule has 33 heavy (non-hydrogen) atoms. The summed E-state index contributed by atoms with van der Waals surface area (Å²) in [5.41, 5.74) is -0.959. The summed E-state index contributed by atoms with van der Waals surface area (Å²) in [7, 11) is 0. The van der Waals surface area contributed by atoms with E-state index in [1.807, 2.05) is 0 Å². The Bertz CT molecular complexity index is 1130. The number of pyridine rings is 1. The van der Waals surface area contributed by atoms with Crippen LogP contribution in [0.2, 0.25) is 0 Å². The van der Waals surface area contributed by atoms with Gasteiger partial charge < -0.3 is 14.2 Å². The van der Waals surface area contributed by atoms with Crippen LogP contribution in [-0.2, 0) is 16.1 Å². The average Bonchev–Trinajstić information content (AvgIpc) is 3.31. The Morgan fingerprint density at radius 2 is 1.88 bits per heavy atom. The number of halogens is 3. The largest absolute Gasteiger partial charge is 0.415 e. The van der Waals surface area contributed by atoms with E-state index in [2.05, 4.69) is 15.2 Å². The van der Waals surface area contributed by atoms with Gasteiger partial charge in [-0.1, -0.05) is 25.1 Å². The maximum absolute atomic E-state index is 15.3. The summed E-state index contributed by atoms with van der Waals surface area (Å²) in [5.74, 6) is -1.88. The van der Waals surface area contributed by atoms with Crippen LogP contribution in [0.3, 0.4) is 0 Å². The van der Waals surface area contributed by atoms with Gasteiger partial charge in [-0.25, -0.2) is 4.39 Å². The molecule has 0 unspecified atom stereocenters. The van der Waals surface area contributed by atoms with Crippen LogP contribution in [0.15, 0.2) is 53.1 Å². The number of anilines is 1. The van der Waals surface area contributed by atoms with Gasteiger partial charge in [0.1, 0.15) is 0 Å². The highest BCUT2D eigenvalue weighted by molar-refractivity contribution is 6.01. The van der Waals surface area contributed by atoms with Gasteiger partial charge in [0.05, 0.1) is 30.9 Å². The van der Waals surface area contributed by atoms with Gasteiger partial charge in [-0.2, -0.15) is 8.78 Å². The summed E-state index contributed by atoms with van der Waals surface area (Å²) < 4.78 is 45.6. The first-order valence-electron chi connectivity index (χ1n) is 10.2. The molecular formula is C22H20F3N5O3. The molecule has 0 atom stereocenters. The molecule has 1 aromatic carbocycles. The van der Waals surface area contributed by atoms with E-state index in [1.54, 1.807) is 43.3 Å².